The average molecular weight is 219 g/mol. The van der Waals surface area contributed by atoms with E-state index in [9.17, 15) is 13.9 Å². The molecule has 1 aromatic carbocycles. The number of aliphatic hydroxyl groups excluding tert-OH is 1. The molecule has 1 nitrogen and oxygen atoms in total. The number of aliphatic hydroxyl groups is 1. The third-order valence-electron chi connectivity index (χ3n) is 2.48. The van der Waals surface area contributed by atoms with Gasteiger partial charge in [0.1, 0.15) is 0 Å². The first-order chi connectivity index (χ1) is 6.52. The van der Waals surface area contributed by atoms with Crippen molar-refractivity contribution < 1.29 is 13.9 Å². The number of benzene rings is 1. The molecule has 1 aliphatic rings. The monoisotopic (exact) mass is 218 g/mol. The number of halogens is 3. The number of alkyl halides is 2. The second kappa shape index (κ2) is 3.17. The van der Waals surface area contributed by atoms with Crippen LogP contribution in [0.1, 0.15) is 18.1 Å². The molecule has 0 spiro atoms. The van der Waals surface area contributed by atoms with E-state index < -0.39 is 17.9 Å². The predicted octanol–water partition coefficient (Wildman–Crippen LogP) is 3.03. The fourth-order valence-corrected chi connectivity index (χ4v) is 1.76. The Hall–Kier alpha value is -0.670. The van der Waals surface area contributed by atoms with Gasteiger partial charge in [0.05, 0.1) is 12.0 Å². The Morgan fingerprint density at radius 2 is 2.00 bits per heavy atom. The Bertz CT molecular complexity index is 354. The summed E-state index contributed by atoms with van der Waals surface area (Å²) < 4.78 is 25.3. The quantitative estimate of drug-likeness (QED) is 0.809. The van der Waals surface area contributed by atoms with E-state index in [1.165, 1.54) is 0 Å². The minimum Gasteiger partial charge on any atom is -0.388 e. The van der Waals surface area contributed by atoms with Gasteiger partial charge in [0.2, 0.25) is 0 Å². The highest BCUT2D eigenvalue weighted by Gasteiger charge is 2.60. The molecule has 0 aliphatic heterocycles. The molecule has 1 aromatic rings. The van der Waals surface area contributed by atoms with Crippen molar-refractivity contribution in [2.45, 2.75) is 18.4 Å². The van der Waals surface area contributed by atoms with E-state index in [-0.39, 0.29) is 6.42 Å². The van der Waals surface area contributed by atoms with E-state index in [0.717, 1.165) is 0 Å². The summed E-state index contributed by atoms with van der Waals surface area (Å²) in [5.41, 5.74) is 0.386. The first kappa shape index (κ1) is 9.87. The zero-order valence-corrected chi connectivity index (χ0v) is 8.01. The Morgan fingerprint density at radius 3 is 2.50 bits per heavy atom. The van der Waals surface area contributed by atoms with Gasteiger partial charge in [-0.05, 0) is 11.6 Å². The molecule has 1 N–H and O–H groups in total. The fraction of sp³-hybridized carbons (Fsp3) is 0.400. The molecule has 1 fully saturated rings. The maximum Gasteiger partial charge on any atom is 0.254 e. The van der Waals surface area contributed by atoms with Gasteiger partial charge in [0.25, 0.3) is 5.92 Å². The van der Waals surface area contributed by atoms with Crippen molar-refractivity contribution in [2.24, 2.45) is 5.92 Å². The molecule has 1 saturated carbocycles. The third-order valence-corrected chi connectivity index (χ3v) is 2.82. The molecule has 2 unspecified atom stereocenters. The third kappa shape index (κ3) is 1.62. The standard InChI is InChI=1S/C10H9ClF2O/c11-8-4-2-1-3-6(8)9(14)7-5-10(7,12)13/h1-4,7,9,14H,5H2. The molecule has 2 rings (SSSR count). The van der Waals surface area contributed by atoms with Gasteiger partial charge >= 0.3 is 0 Å². The molecule has 0 aromatic heterocycles. The number of hydrogen-bond donors (Lipinski definition) is 1. The lowest BCUT2D eigenvalue weighted by atomic mass is 10.1. The summed E-state index contributed by atoms with van der Waals surface area (Å²) in [5, 5.41) is 9.95. The lowest BCUT2D eigenvalue weighted by Crippen LogP contribution is -2.06. The molecular weight excluding hydrogens is 210 g/mol. The molecule has 0 radical (unpaired) electrons. The first-order valence-corrected chi connectivity index (χ1v) is 4.70. The molecular formula is C10H9ClF2O. The van der Waals surface area contributed by atoms with E-state index in [0.29, 0.717) is 10.6 Å². The highest BCUT2D eigenvalue weighted by molar-refractivity contribution is 6.31. The summed E-state index contributed by atoms with van der Waals surface area (Å²) in [7, 11) is 0. The molecule has 1 aliphatic carbocycles. The maximum absolute atomic E-state index is 12.7. The lowest BCUT2D eigenvalue weighted by Gasteiger charge is -2.11. The lowest BCUT2D eigenvalue weighted by molar-refractivity contribution is 0.0478. The summed E-state index contributed by atoms with van der Waals surface area (Å²) in [4.78, 5) is 0. The van der Waals surface area contributed by atoms with Crippen molar-refractivity contribution in [3.05, 3.63) is 34.9 Å². The highest BCUT2D eigenvalue weighted by Crippen LogP contribution is 2.55. The Morgan fingerprint density at radius 1 is 1.43 bits per heavy atom. The topological polar surface area (TPSA) is 20.2 Å². The molecule has 14 heavy (non-hydrogen) atoms. The van der Waals surface area contributed by atoms with Crippen LogP contribution in [-0.2, 0) is 0 Å². The minimum atomic E-state index is -2.72. The van der Waals surface area contributed by atoms with Gasteiger partial charge in [-0.15, -0.1) is 0 Å². The average Bonchev–Trinajstić information content (AvgIpc) is 2.75. The Labute approximate surface area is 85.3 Å². The van der Waals surface area contributed by atoms with Gasteiger partial charge < -0.3 is 5.11 Å². The first-order valence-electron chi connectivity index (χ1n) is 4.32. The van der Waals surface area contributed by atoms with Gasteiger partial charge in [-0.2, -0.15) is 0 Å². The minimum absolute atomic E-state index is 0.251. The van der Waals surface area contributed by atoms with Crippen LogP contribution in [0, 0.1) is 5.92 Å². The van der Waals surface area contributed by atoms with Crippen molar-refractivity contribution in [1.29, 1.82) is 0 Å². The highest BCUT2D eigenvalue weighted by atomic mass is 35.5. The van der Waals surface area contributed by atoms with Gasteiger partial charge in [0, 0.05) is 11.4 Å². The summed E-state index contributed by atoms with van der Waals surface area (Å²) in [6.45, 7) is 0. The van der Waals surface area contributed by atoms with Crippen LogP contribution in [0.5, 0.6) is 0 Å². The van der Waals surface area contributed by atoms with Gasteiger partial charge in [-0.1, -0.05) is 29.8 Å². The van der Waals surface area contributed by atoms with Crippen molar-refractivity contribution in [3.63, 3.8) is 0 Å². The van der Waals surface area contributed by atoms with Crippen LogP contribution in [0.15, 0.2) is 24.3 Å². The molecule has 4 heteroatoms. The van der Waals surface area contributed by atoms with Crippen LogP contribution >= 0.6 is 11.6 Å². The van der Waals surface area contributed by atoms with Crippen LogP contribution in [-0.4, -0.2) is 11.0 Å². The smallest absolute Gasteiger partial charge is 0.254 e. The van der Waals surface area contributed by atoms with E-state index in [1.807, 2.05) is 0 Å². The Kier molecular flexibility index (Phi) is 2.24. The summed E-state index contributed by atoms with van der Waals surface area (Å²) in [5.74, 6) is -3.69. The largest absolute Gasteiger partial charge is 0.388 e. The van der Waals surface area contributed by atoms with Crippen molar-refractivity contribution in [2.75, 3.05) is 0 Å². The normalized spacial score (nSPS) is 25.9. The van der Waals surface area contributed by atoms with Gasteiger partial charge in [-0.25, -0.2) is 8.78 Å². The molecule has 0 bridgehead atoms. The fourth-order valence-electron chi connectivity index (χ4n) is 1.51. The predicted molar refractivity (Wildman–Crippen MR) is 49.5 cm³/mol. The van der Waals surface area contributed by atoms with E-state index in [4.69, 9.17) is 11.6 Å². The van der Waals surface area contributed by atoms with Gasteiger partial charge in [0.15, 0.2) is 0 Å². The Balaban J connectivity index is 2.21. The van der Waals surface area contributed by atoms with Crippen molar-refractivity contribution in [1.82, 2.24) is 0 Å². The van der Waals surface area contributed by atoms with Crippen LogP contribution in [0.25, 0.3) is 0 Å². The molecule has 0 amide bonds. The van der Waals surface area contributed by atoms with Gasteiger partial charge in [-0.3, -0.25) is 0 Å². The second-order valence-electron chi connectivity index (χ2n) is 3.54. The molecule has 0 saturated heterocycles. The second-order valence-corrected chi connectivity index (χ2v) is 3.95. The molecule has 2 atom stereocenters. The van der Waals surface area contributed by atoms with E-state index in [1.54, 1.807) is 24.3 Å². The van der Waals surface area contributed by atoms with Crippen molar-refractivity contribution in [3.8, 4) is 0 Å². The van der Waals surface area contributed by atoms with Crippen LogP contribution in [0.3, 0.4) is 0 Å². The van der Waals surface area contributed by atoms with Crippen LogP contribution in [0.4, 0.5) is 8.78 Å². The van der Waals surface area contributed by atoms with E-state index in [2.05, 4.69) is 0 Å². The SMILES string of the molecule is OC(c1ccccc1Cl)C1CC1(F)F. The zero-order chi connectivity index (χ0) is 10.3. The van der Waals surface area contributed by atoms with Crippen LogP contribution in [0.2, 0.25) is 5.02 Å². The summed E-state index contributed by atoms with van der Waals surface area (Å²) >= 11 is 5.78. The molecule has 0 heterocycles. The number of rotatable bonds is 2. The van der Waals surface area contributed by atoms with Crippen molar-refractivity contribution >= 4 is 11.6 Å². The zero-order valence-electron chi connectivity index (χ0n) is 7.25. The number of hydrogen-bond acceptors (Lipinski definition) is 1. The molecule has 76 valence electrons. The maximum atomic E-state index is 12.7. The summed E-state index contributed by atoms with van der Waals surface area (Å²) in [6.07, 6.45) is -1.40. The van der Waals surface area contributed by atoms with E-state index >= 15 is 0 Å². The van der Waals surface area contributed by atoms with Crippen LogP contribution < -0.4 is 0 Å². The summed E-state index contributed by atoms with van der Waals surface area (Å²) in [6, 6.07) is 6.52.